The predicted octanol–water partition coefficient (Wildman–Crippen LogP) is 2.62. The summed E-state index contributed by atoms with van der Waals surface area (Å²) >= 11 is 0. The number of para-hydroxylation sites is 1. The number of aromatic nitrogens is 3. The number of nitrogens with zero attached hydrogens (tertiary/aromatic N) is 3. The van der Waals surface area contributed by atoms with Crippen molar-refractivity contribution in [3.63, 3.8) is 0 Å². The first kappa shape index (κ1) is 13.3. The van der Waals surface area contributed by atoms with Gasteiger partial charge >= 0.3 is 0 Å². The molecular weight excluding hydrogens is 264 g/mol. The first-order valence-electron chi connectivity index (χ1n) is 6.74. The number of anilines is 3. The lowest BCUT2D eigenvalue weighted by Crippen LogP contribution is -2.13. The second-order valence-electron chi connectivity index (χ2n) is 4.55. The molecule has 2 aromatic heterocycles. The minimum Gasteiger partial charge on any atom is -0.338 e. The van der Waals surface area contributed by atoms with Crippen molar-refractivity contribution in [2.45, 2.75) is 13.3 Å². The van der Waals surface area contributed by atoms with Crippen molar-refractivity contribution < 1.29 is 0 Å². The number of fused-ring (bicyclic) bond motifs is 1. The molecule has 0 aliphatic heterocycles. The van der Waals surface area contributed by atoms with E-state index in [4.69, 9.17) is 5.84 Å². The fourth-order valence-electron chi connectivity index (χ4n) is 2.31. The summed E-state index contributed by atoms with van der Waals surface area (Å²) in [6.07, 6.45) is 4.03. The Bertz CT molecular complexity index is 766. The van der Waals surface area contributed by atoms with E-state index in [9.17, 15) is 0 Å². The maximum atomic E-state index is 5.50. The average Bonchev–Trinajstić information content (AvgIpc) is 2.55. The van der Waals surface area contributed by atoms with Crippen molar-refractivity contribution >= 4 is 28.2 Å². The molecule has 0 aliphatic carbocycles. The smallest absolute Gasteiger partial charge is 0.148 e. The SMILES string of the molecule is CCc1c(NN)ncnc1Nc1cccc2cccnc12. The van der Waals surface area contributed by atoms with Gasteiger partial charge in [0.15, 0.2) is 0 Å². The molecule has 0 amide bonds. The summed E-state index contributed by atoms with van der Waals surface area (Å²) in [6, 6.07) is 9.95. The van der Waals surface area contributed by atoms with Gasteiger partial charge < -0.3 is 10.7 Å². The maximum absolute atomic E-state index is 5.50. The van der Waals surface area contributed by atoms with Crippen LogP contribution in [0.1, 0.15) is 12.5 Å². The van der Waals surface area contributed by atoms with E-state index in [1.54, 1.807) is 6.20 Å². The highest BCUT2D eigenvalue weighted by atomic mass is 15.3. The molecule has 0 unspecified atom stereocenters. The van der Waals surface area contributed by atoms with Gasteiger partial charge in [-0.2, -0.15) is 0 Å². The van der Waals surface area contributed by atoms with Gasteiger partial charge in [0, 0.05) is 17.1 Å². The Morgan fingerprint density at radius 1 is 1.05 bits per heavy atom. The molecular formula is C15H16N6. The molecule has 106 valence electrons. The lowest BCUT2D eigenvalue weighted by molar-refractivity contribution is 1.04. The molecule has 0 saturated heterocycles. The van der Waals surface area contributed by atoms with Gasteiger partial charge in [0.2, 0.25) is 0 Å². The highest BCUT2D eigenvalue weighted by Crippen LogP contribution is 2.27. The lowest BCUT2D eigenvalue weighted by Gasteiger charge is -2.13. The fourth-order valence-corrected chi connectivity index (χ4v) is 2.31. The number of nitrogens with one attached hydrogen (secondary N) is 2. The van der Waals surface area contributed by atoms with Crippen LogP contribution in [0.2, 0.25) is 0 Å². The molecule has 2 heterocycles. The van der Waals surface area contributed by atoms with E-state index in [0.717, 1.165) is 34.4 Å². The number of rotatable bonds is 4. The average molecular weight is 280 g/mol. The minimum absolute atomic E-state index is 0.628. The zero-order valence-electron chi connectivity index (χ0n) is 11.7. The van der Waals surface area contributed by atoms with Crippen LogP contribution in [0.25, 0.3) is 10.9 Å². The molecule has 6 nitrogen and oxygen atoms in total. The van der Waals surface area contributed by atoms with Crippen LogP contribution in [0.15, 0.2) is 42.9 Å². The molecule has 0 fully saturated rings. The Morgan fingerprint density at radius 3 is 2.67 bits per heavy atom. The second-order valence-corrected chi connectivity index (χ2v) is 4.55. The highest BCUT2D eigenvalue weighted by molar-refractivity contribution is 5.92. The number of nitrogen functional groups attached to an aromatic ring is 1. The molecule has 0 saturated carbocycles. The van der Waals surface area contributed by atoms with Gasteiger partial charge in [0.25, 0.3) is 0 Å². The normalized spacial score (nSPS) is 10.6. The summed E-state index contributed by atoms with van der Waals surface area (Å²) < 4.78 is 0. The van der Waals surface area contributed by atoms with Crippen molar-refractivity contribution in [3.8, 4) is 0 Å². The lowest BCUT2D eigenvalue weighted by atomic mass is 10.1. The van der Waals surface area contributed by atoms with E-state index < -0.39 is 0 Å². The molecule has 6 heteroatoms. The second kappa shape index (κ2) is 5.72. The van der Waals surface area contributed by atoms with Crippen LogP contribution in [0.3, 0.4) is 0 Å². The van der Waals surface area contributed by atoms with E-state index in [-0.39, 0.29) is 0 Å². The third-order valence-electron chi connectivity index (χ3n) is 3.32. The van der Waals surface area contributed by atoms with Gasteiger partial charge in [-0.05, 0) is 18.6 Å². The van der Waals surface area contributed by atoms with E-state index in [0.29, 0.717) is 5.82 Å². The van der Waals surface area contributed by atoms with Gasteiger partial charge in [-0.15, -0.1) is 0 Å². The van der Waals surface area contributed by atoms with Crippen LogP contribution in [0.4, 0.5) is 17.3 Å². The van der Waals surface area contributed by atoms with E-state index in [1.165, 1.54) is 6.33 Å². The quantitative estimate of drug-likeness (QED) is 0.503. The van der Waals surface area contributed by atoms with Crippen molar-refractivity contribution in [2.24, 2.45) is 5.84 Å². The largest absolute Gasteiger partial charge is 0.338 e. The monoisotopic (exact) mass is 280 g/mol. The van der Waals surface area contributed by atoms with Gasteiger partial charge in [0.05, 0.1) is 11.2 Å². The van der Waals surface area contributed by atoms with Gasteiger partial charge in [-0.25, -0.2) is 15.8 Å². The summed E-state index contributed by atoms with van der Waals surface area (Å²) in [5, 5.41) is 4.41. The highest BCUT2D eigenvalue weighted by Gasteiger charge is 2.10. The summed E-state index contributed by atoms with van der Waals surface area (Å²) in [5.41, 5.74) is 5.35. The van der Waals surface area contributed by atoms with Gasteiger partial charge in [-0.1, -0.05) is 25.1 Å². The Kier molecular flexibility index (Phi) is 3.61. The van der Waals surface area contributed by atoms with Gasteiger partial charge in [0.1, 0.15) is 18.0 Å². The zero-order valence-corrected chi connectivity index (χ0v) is 11.7. The molecule has 0 atom stereocenters. The summed E-state index contributed by atoms with van der Waals surface area (Å²) in [5.74, 6) is 6.86. The van der Waals surface area contributed by atoms with Crippen LogP contribution >= 0.6 is 0 Å². The molecule has 3 rings (SSSR count). The minimum atomic E-state index is 0.628. The standard InChI is InChI=1S/C15H16N6/c1-2-11-14(18-9-19-15(11)21-16)20-12-7-3-5-10-6-4-8-17-13(10)12/h3-9H,2,16H2,1H3,(H2,18,19,20,21). The molecule has 4 N–H and O–H groups in total. The van der Waals surface area contributed by atoms with E-state index >= 15 is 0 Å². The summed E-state index contributed by atoms with van der Waals surface area (Å²) in [7, 11) is 0. The number of hydrogen-bond donors (Lipinski definition) is 3. The Balaban J connectivity index is 2.07. The first-order chi connectivity index (χ1) is 10.3. The van der Waals surface area contributed by atoms with Crippen LogP contribution in [-0.4, -0.2) is 15.0 Å². The Hall–Kier alpha value is -2.73. The molecule has 1 aromatic carbocycles. The number of pyridine rings is 1. The molecule has 0 radical (unpaired) electrons. The first-order valence-corrected chi connectivity index (χ1v) is 6.74. The zero-order chi connectivity index (χ0) is 14.7. The Morgan fingerprint density at radius 2 is 1.86 bits per heavy atom. The van der Waals surface area contributed by atoms with Crippen LogP contribution < -0.4 is 16.6 Å². The van der Waals surface area contributed by atoms with Crippen LogP contribution in [-0.2, 0) is 6.42 Å². The van der Waals surface area contributed by atoms with Crippen molar-refractivity contribution in [1.82, 2.24) is 15.0 Å². The third kappa shape index (κ3) is 2.48. The number of benzene rings is 1. The van der Waals surface area contributed by atoms with Crippen molar-refractivity contribution in [1.29, 1.82) is 0 Å². The molecule has 0 spiro atoms. The van der Waals surface area contributed by atoms with E-state index in [2.05, 4.69) is 25.7 Å². The molecule has 3 aromatic rings. The topological polar surface area (TPSA) is 88.8 Å². The third-order valence-corrected chi connectivity index (χ3v) is 3.32. The van der Waals surface area contributed by atoms with Crippen molar-refractivity contribution in [3.05, 3.63) is 48.4 Å². The predicted molar refractivity (Wildman–Crippen MR) is 84.2 cm³/mol. The maximum Gasteiger partial charge on any atom is 0.148 e. The number of nitrogens with two attached hydrogens (primary N) is 1. The van der Waals surface area contributed by atoms with Crippen LogP contribution in [0, 0.1) is 0 Å². The van der Waals surface area contributed by atoms with Gasteiger partial charge in [-0.3, -0.25) is 4.98 Å². The van der Waals surface area contributed by atoms with Crippen LogP contribution in [0.5, 0.6) is 0 Å². The number of hydrazine groups is 1. The van der Waals surface area contributed by atoms with E-state index in [1.807, 2.05) is 37.3 Å². The molecule has 21 heavy (non-hydrogen) atoms. The summed E-state index contributed by atoms with van der Waals surface area (Å²) in [6.45, 7) is 2.03. The Labute approximate surface area is 122 Å². The number of hydrogen-bond acceptors (Lipinski definition) is 6. The molecule has 0 aliphatic rings. The summed E-state index contributed by atoms with van der Waals surface area (Å²) in [4.78, 5) is 12.9. The fraction of sp³-hybridized carbons (Fsp3) is 0.133. The van der Waals surface area contributed by atoms with Crippen molar-refractivity contribution in [2.75, 3.05) is 10.7 Å². The molecule has 0 bridgehead atoms.